The second kappa shape index (κ2) is 7.84. The molecule has 0 heterocycles. The molecule has 0 saturated carbocycles. The standard InChI is InChI=1S/C17H17NO5/c1-2-22-16-9-13(10-18-21)5-8-15(16)23-11-12-3-6-14(7-4-12)17(19)20/h3-10,21H,2,11H2,1H3,(H,19,20)/b18-10-. The summed E-state index contributed by atoms with van der Waals surface area (Å²) < 4.78 is 11.2. The van der Waals surface area contributed by atoms with Crippen LogP contribution in [0.3, 0.4) is 0 Å². The van der Waals surface area contributed by atoms with Crippen LogP contribution >= 0.6 is 0 Å². The SMILES string of the molecule is CCOc1cc(/C=N\O)ccc1OCc1ccc(C(=O)O)cc1. The molecule has 2 aromatic carbocycles. The molecule has 6 heteroatoms. The van der Waals surface area contributed by atoms with Gasteiger partial charge in [-0.3, -0.25) is 0 Å². The van der Waals surface area contributed by atoms with Crippen LogP contribution < -0.4 is 9.47 Å². The zero-order chi connectivity index (χ0) is 16.7. The Hall–Kier alpha value is -3.02. The third kappa shape index (κ3) is 4.47. The topological polar surface area (TPSA) is 88.4 Å². The molecule has 0 fully saturated rings. The van der Waals surface area contributed by atoms with Crippen molar-refractivity contribution in [2.24, 2.45) is 5.16 Å². The first kappa shape index (κ1) is 16.4. The van der Waals surface area contributed by atoms with Crippen molar-refractivity contribution in [3.63, 3.8) is 0 Å². The maximum atomic E-state index is 10.8. The van der Waals surface area contributed by atoms with E-state index in [9.17, 15) is 4.79 Å². The molecule has 0 aliphatic heterocycles. The van der Waals surface area contributed by atoms with E-state index < -0.39 is 5.97 Å². The number of nitrogens with zero attached hydrogens (tertiary/aromatic N) is 1. The van der Waals surface area contributed by atoms with Crippen molar-refractivity contribution in [2.45, 2.75) is 13.5 Å². The molecule has 0 saturated heterocycles. The number of hydrogen-bond donors (Lipinski definition) is 2. The van der Waals surface area contributed by atoms with Gasteiger partial charge in [-0.15, -0.1) is 0 Å². The van der Waals surface area contributed by atoms with E-state index in [1.165, 1.54) is 18.3 Å². The molecular weight excluding hydrogens is 298 g/mol. The van der Waals surface area contributed by atoms with E-state index in [2.05, 4.69) is 5.16 Å². The van der Waals surface area contributed by atoms with Crippen LogP contribution in [-0.2, 0) is 6.61 Å². The van der Waals surface area contributed by atoms with E-state index in [1.54, 1.807) is 30.3 Å². The van der Waals surface area contributed by atoms with Crippen LogP contribution in [0.4, 0.5) is 0 Å². The molecule has 0 amide bonds. The number of carbonyl (C=O) groups is 1. The summed E-state index contributed by atoms with van der Waals surface area (Å²) in [5.41, 5.74) is 1.77. The van der Waals surface area contributed by atoms with Crippen LogP contribution in [0.2, 0.25) is 0 Å². The molecule has 0 bridgehead atoms. The lowest BCUT2D eigenvalue weighted by atomic mass is 10.1. The van der Waals surface area contributed by atoms with Crippen LogP contribution in [0.1, 0.15) is 28.4 Å². The fourth-order valence-electron chi connectivity index (χ4n) is 1.96. The van der Waals surface area contributed by atoms with Crippen LogP contribution in [0.25, 0.3) is 0 Å². The Bertz CT molecular complexity index is 695. The molecule has 0 aliphatic carbocycles. The number of benzene rings is 2. The van der Waals surface area contributed by atoms with Gasteiger partial charge in [-0.25, -0.2) is 4.79 Å². The van der Waals surface area contributed by atoms with E-state index in [0.717, 1.165) is 5.56 Å². The summed E-state index contributed by atoms with van der Waals surface area (Å²) in [5.74, 6) is 0.147. The van der Waals surface area contributed by atoms with Gasteiger partial charge in [0, 0.05) is 5.56 Å². The lowest BCUT2D eigenvalue weighted by Crippen LogP contribution is -2.01. The molecular formula is C17H17NO5. The second-order valence-electron chi connectivity index (χ2n) is 4.67. The molecule has 0 atom stereocenters. The Morgan fingerprint density at radius 1 is 1.13 bits per heavy atom. The van der Waals surface area contributed by atoms with Gasteiger partial charge >= 0.3 is 5.97 Å². The minimum absolute atomic E-state index is 0.233. The number of rotatable bonds is 7. The Morgan fingerprint density at radius 3 is 2.48 bits per heavy atom. The highest BCUT2D eigenvalue weighted by Gasteiger charge is 2.07. The molecule has 2 aromatic rings. The Balaban J connectivity index is 2.11. The van der Waals surface area contributed by atoms with Crippen molar-refractivity contribution >= 4 is 12.2 Å². The lowest BCUT2D eigenvalue weighted by molar-refractivity contribution is 0.0697. The molecule has 0 aliphatic rings. The average molecular weight is 315 g/mol. The summed E-state index contributed by atoms with van der Waals surface area (Å²) in [6, 6.07) is 11.7. The summed E-state index contributed by atoms with van der Waals surface area (Å²) in [5, 5.41) is 20.4. The van der Waals surface area contributed by atoms with Gasteiger partial charge in [0.15, 0.2) is 11.5 Å². The molecule has 0 radical (unpaired) electrons. The van der Waals surface area contributed by atoms with Gasteiger partial charge in [-0.2, -0.15) is 0 Å². The quantitative estimate of drug-likeness (QED) is 0.465. The number of ether oxygens (including phenoxy) is 2. The summed E-state index contributed by atoms with van der Waals surface area (Å²) in [6.07, 6.45) is 1.30. The van der Waals surface area contributed by atoms with Gasteiger partial charge in [0.2, 0.25) is 0 Å². The van der Waals surface area contributed by atoms with Gasteiger partial charge in [-0.05, 0) is 42.8 Å². The number of oxime groups is 1. The molecule has 120 valence electrons. The molecule has 0 unspecified atom stereocenters. The van der Waals surface area contributed by atoms with Gasteiger partial charge < -0.3 is 19.8 Å². The minimum Gasteiger partial charge on any atom is -0.490 e. The Kier molecular flexibility index (Phi) is 5.57. The lowest BCUT2D eigenvalue weighted by Gasteiger charge is -2.12. The van der Waals surface area contributed by atoms with E-state index >= 15 is 0 Å². The summed E-state index contributed by atoms with van der Waals surface area (Å²) in [7, 11) is 0. The van der Waals surface area contributed by atoms with E-state index in [-0.39, 0.29) is 12.2 Å². The predicted molar refractivity (Wildman–Crippen MR) is 84.7 cm³/mol. The maximum absolute atomic E-state index is 10.8. The largest absolute Gasteiger partial charge is 0.490 e. The average Bonchev–Trinajstić information content (AvgIpc) is 2.55. The van der Waals surface area contributed by atoms with Crippen LogP contribution in [0.5, 0.6) is 11.5 Å². The van der Waals surface area contributed by atoms with Gasteiger partial charge in [0.05, 0.1) is 18.4 Å². The van der Waals surface area contributed by atoms with Crippen molar-refractivity contribution in [2.75, 3.05) is 6.61 Å². The van der Waals surface area contributed by atoms with Crippen LogP contribution in [-0.4, -0.2) is 29.1 Å². The van der Waals surface area contributed by atoms with Gasteiger partial charge in [-0.1, -0.05) is 17.3 Å². The van der Waals surface area contributed by atoms with Crippen molar-refractivity contribution in [1.29, 1.82) is 0 Å². The number of aromatic carboxylic acids is 1. The Labute approximate surface area is 133 Å². The van der Waals surface area contributed by atoms with Crippen LogP contribution in [0, 0.1) is 0 Å². The first-order valence-corrected chi connectivity index (χ1v) is 7.03. The predicted octanol–water partition coefficient (Wildman–Crippen LogP) is 3.17. The third-order valence-corrected chi connectivity index (χ3v) is 3.07. The fourth-order valence-corrected chi connectivity index (χ4v) is 1.96. The second-order valence-corrected chi connectivity index (χ2v) is 4.67. The third-order valence-electron chi connectivity index (χ3n) is 3.07. The molecule has 0 spiro atoms. The summed E-state index contributed by atoms with van der Waals surface area (Å²) in [6.45, 7) is 2.62. The normalized spacial score (nSPS) is 10.7. The zero-order valence-electron chi connectivity index (χ0n) is 12.6. The number of carboxylic acid groups (broad SMARTS) is 1. The minimum atomic E-state index is -0.961. The molecule has 2 rings (SSSR count). The monoisotopic (exact) mass is 315 g/mol. The first-order valence-electron chi connectivity index (χ1n) is 7.03. The van der Waals surface area contributed by atoms with Crippen molar-refractivity contribution < 1.29 is 24.6 Å². The highest BCUT2D eigenvalue weighted by atomic mass is 16.5. The Morgan fingerprint density at radius 2 is 1.87 bits per heavy atom. The highest BCUT2D eigenvalue weighted by Crippen LogP contribution is 2.28. The summed E-state index contributed by atoms with van der Waals surface area (Å²) >= 11 is 0. The fraction of sp³-hybridized carbons (Fsp3) is 0.176. The first-order chi connectivity index (χ1) is 11.1. The van der Waals surface area contributed by atoms with Gasteiger partial charge in [0.25, 0.3) is 0 Å². The van der Waals surface area contributed by atoms with E-state index in [4.69, 9.17) is 19.8 Å². The molecule has 6 nitrogen and oxygen atoms in total. The van der Waals surface area contributed by atoms with E-state index in [1.807, 2.05) is 6.92 Å². The molecule has 0 aromatic heterocycles. The molecule has 2 N–H and O–H groups in total. The molecule has 23 heavy (non-hydrogen) atoms. The number of hydrogen-bond acceptors (Lipinski definition) is 5. The van der Waals surface area contributed by atoms with Crippen molar-refractivity contribution in [1.82, 2.24) is 0 Å². The maximum Gasteiger partial charge on any atom is 0.335 e. The van der Waals surface area contributed by atoms with Crippen molar-refractivity contribution in [3.8, 4) is 11.5 Å². The van der Waals surface area contributed by atoms with Crippen molar-refractivity contribution in [3.05, 3.63) is 59.2 Å². The van der Waals surface area contributed by atoms with Crippen LogP contribution in [0.15, 0.2) is 47.6 Å². The van der Waals surface area contributed by atoms with Gasteiger partial charge in [0.1, 0.15) is 6.61 Å². The smallest absolute Gasteiger partial charge is 0.335 e. The zero-order valence-corrected chi connectivity index (χ0v) is 12.6. The summed E-state index contributed by atoms with van der Waals surface area (Å²) in [4.78, 5) is 10.8. The highest BCUT2D eigenvalue weighted by molar-refractivity contribution is 5.87. The van der Waals surface area contributed by atoms with E-state index in [0.29, 0.717) is 23.7 Å². The number of carboxylic acids is 1.